The van der Waals surface area contributed by atoms with Gasteiger partial charge in [-0.05, 0) is 25.7 Å². The molecule has 0 saturated carbocycles. The van der Waals surface area contributed by atoms with Gasteiger partial charge in [0.2, 0.25) is 5.91 Å². The molecule has 3 heterocycles. The summed E-state index contributed by atoms with van der Waals surface area (Å²) >= 11 is 0. The summed E-state index contributed by atoms with van der Waals surface area (Å²) in [7, 11) is 0. The quantitative estimate of drug-likeness (QED) is 0.850. The molecule has 0 radical (unpaired) electrons. The lowest BCUT2D eigenvalue weighted by molar-refractivity contribution is -0.138. The summed E-state index contributed by atoms with van der Waals surface area (Å²) in [5.41, 5.74) is 5.33. The fraction of sp³-hybridized carbons (Fsp3) is 0.667. The molecule has 0 aromatic carbocycles. The Labute approximate surface area is 129 Å². The van der Waals surface area contributed by atoms with Gasteiger partial charge in [0, 0.05) is 44.5 Å². The topological polar surface area (TPSA) is 95.3 Å². The number of carbonyl (C=O) groups excluding carboxylic acids is 2. The molecule has 0 aliphatic carbocycles. The molecule has 7 nitrogen and oxygen atoms in total. The highest BCUT2D eigenvalue weighted by molar-refractivity contribution is 5.80. The fourth-order valence-electron chi connectivity index (χ4n) is 3.51. The van der Waals surface area contributed by atoms with Crippen molar-refractivity contribution in [3.8, 4) is 0 Å². The van der Waals surface area contributed by atoms with Crippen molar-refractivity contribution in [2.24, 2.45) is 11.7 Å². The predicted octanol–water partition coefficient (Wildman–Crippen LogP) is 0.906. The van der Waals surface area contributed by atoms with Crippen LogP contribution in [0.5, 0.6) is 0 Å². The molecule has 1 aromatic rings. The van der Waals surface area contributed by atoms with Gasteiger partial charge in [-0.1, -0.05) is 0 Å². The van der Waals surface area contributed by atoms with Crippen LogP contribution in [0.1, 0.15) is 37.4 Å². The third-order valence-electron chi connectivity index (χ3n) is 4.80. The van der Waals surface area contributed by atoms with E-state index in [0.29, 0.717) is 19.0 Å². The lowest BCUT2D eigenvalue weighted by atomic mass is 9.92. The number of nitrogens with two attached hydrogens (primary N) is 1. The lowest BCUT2D eigenvalue weighted by Crippen LogP contribution is -2.49. The number of aromatic amines is 1. The molecule has 120 valence electrons. The van der Waals surface area contributed by atoms with Gasteiger partial charge in [-0.2, -0.15) is 0 Å². The van der Waals surface area contributed by atoms with E-state index in [2.05, 4.69) is 9.97 Å². The number of imidazole rings is 1. The van der Waals surface area contributed by atoms with Crippen LogP contribution in [0.25, 0.3) is 0 Å². The van der Waals surface area contributed by atoms with Gasteiger partial charge in [-0.25, -0.2) is 9.78 Å². The Morgan fingerprint density at radius 1 is 1.18 bits per heavy atom. The number of nitrogens with zero attached hydrogens (tertiary/aromatic N) is 3. The molecule has 0 bridgehead atoms. The van der Waals surface area contributed by atoms with Crippen molar-refractivity contribution < 1.29 is 9.59 Å². The van der Waals surface area contributed by atoms with Crippen molar-refractivity contribution >= 4 is 11.9 Å². The summed E-state index contributed by atoms with van der Waals surface area (Å²) in [6.07, 6.45) is 7.18. The Hall–Kier alpha value is -2.05. The molecule has 2 fully saturated rings. The van der Waals surface area contributed by atoms with Crippen LogP contribution in [0.4, 0.5) is 4.79 Å². The van der Waals surface area contributed by atoms with Gasteiger partial charge in [-0.15, -0.1) is 0 Å². The Balaban J connectivity index is 1.54. The zero-order chi connectivity index (χ0) is 15.5. The van der Waals surface area contributed by atoms with Crippen LogP contribution < -0.4 is 5.73 Å². The second-order valence-corrected chi connectivity index (χ2v) is 6.20. The first-order valence-electron chi connectivity index (χ1n) is 7.97. The molecule has 3 N–H and O–H groups in total. The van der Waals surface area contributed by atoms with E-state index < -0.39 is 6.03 Å². The number of hydrogen-bond donors (Lipinski definition) is 2. The molecule has 2 aliphatic heterocycles. The smallest absolute Gasteiger partial charge is 0.314 e. The summed E-state index contributed by atoms with van der Waals surface area (Å²) in [5.74, 6) is 1.50. The maximum atomic E-state index is 12.6. The van der Waals surface area contributed by atoms with Crippen LogP contribution in [0, 0.1) is 5.92 Å². The molecule has 1 atom stereocenters. The first-order chi connectivity index (χ1) is 10.6. The van der Waals surface area contributed by atoms with Gasteiger partial charge >= 0.3 is 6.03 Å². The van der Waals surface area contributed by atoms with Crippen LogP contribution in [-0.2, 0) is 4.79 Å². The number of nitrogens with one attached hydrogen (secondary N) is 1. The number of likely N-dealkylation sites (tertiary alicyclic amines) is 2. The highest BCUT2D eigenvalue weighted by Gasteiger charge is 2.32. The average Bonchev–Trinajstić information content (AvgIpc) is 3.09. The van der Waals surface area contributed by atoms with E-state index in [1.54, 1.807) is 11.1 Å². The third kappa shape index (κ3) is 3.08. The average molecular weight is 305 g/mol. The van der Waals surface area contributed by atoms with Crippen molar-refractivity contribution in [1.82, 2.24) is 19.8 Å². The van der Waals surface area contributed by atoms with Crippen molar-refractivity contribution in [1.29, 1.82) is 0 Å². The largest absolute Gasteiger partial charge is 0.351 e. The number of aromatic nitrogens is 2. The Morgan fingerprint density at radius 2 is 1.95 bits per heavy atom. The summed E-state index contributed by atoms with van der Waals surface area (Å²) in [4.78, 5) is 34.9. The highest BCUT2D eigenvalue weighted by atomic mass is 16.2. The summed E-state index contributed by atoms with van der Waals surface area (Å²) in [6, 6.07) is -0.422. The van der Waals surface area contributed by atoms with Crippen molar-refractivity contribution in [3.63, 3.8) is 0 Å². The van der Waals surface area contributed by atoms with Gasteiger partial charge in [0.25, 0.3) is 0 Å². The lowest BCUT2D eigenvalue weighted by Gasteiger charge is -2.37. The fourth-order valence-corrected chi connectivity index (χ4v) is 3.51. The number of rotatable bonds is 2. The maximum absolute atomic E-state index is 12.6. The number of primary amides is 1. The molecule has 22 heavy (non-hydrogen) atoms. The maximum Gasteiger partial charge on any atom is 0.314 e. The van der Waals surface area contributed by atoms with Crippen LogP contribution in [0.3, 0.4) is 0 Å². The zero-order valence-corrected chi connectivity index (χ0v) is 12.7. The minimum absolute atomic E-state index is 0.0959. The molecule has 1 unspecified atom stereocenters. The van der Waals surface area contributed by atoms with E-state index in [1.807, 2.05) is 11.1 Å². The first-order valence-corrected chi connectivity index (χ1v) is 7.97. The molecular weight excluding hydrogens is 282 g/mol. The highest BCUT2D eigenvalue weighted by Crippen LogP contribution is 2.27. The van der Waals surface area contributed by atoms with Crippen molar-refractivity contribution in [2.45, 2.75) is 31.6 Å². The number of hydrogen-bond acceptors (Lipinski definition) is 3. The number of carbonyl (C=O) groups is 2. The third-order valence-corrected chi connectivity index (χ3v) is 4.80. The molecule has 2 saturated heterocycles. The second-order valence-electron chi connectivity index (χ2n) is 6.20. The number of piperidine rings is 2. The second kappa shape index (κ2) is 6.37. The van der Waals surface area contributed by atoms with Gasteiger partial charge < -0.3 is 20.5 Å². The van der Waals surface area contributed by atoms with Gasteiger partial charge in [0.15, 0.2) is 0 Å². The SMILES string of the molecule is NC(=O)N1CCCC(C(=O)N2CCC(c3ncc[nH]3)CC2)C1. The Kier molecular flexibility index (Phi) is 4.31. The number of amides is 3. The molecule has 2 aliphatic rings. The Bertz CT molecular complexity index is 522. The van der Waals surface area contributed by atoms with E-state index in [1.165, 1.54) is 0 Å². The van der Waals surface area contributed by atoms with Gasteiger partial charge in [0.1, 0.15) is 5.82 Å². The minimum Gasteiger partial charge on any atom is -0.351 e. The molecule has 3 rings (SSSR count). The summed E-state index contributed by atoms with van der Waals surface area (Å²) in [6.45, 7) is 2.65. The molecule has 7 heteroatoms. The van der Waals surface area contributed by atoms with Crippen LogP contribution >= 0.6 is 0 Å². The molecule has 3 amide bonds. The van der Waals surface area contributed by atoms with E-state index in [0.717, 1.165) is 44.6 Å². The molecule has 0 spiro atoms. The summed E-state index contributed by atoms with van der Waals surface area (Å²) < 4.78 is 0. The van der Waals surface area contributed by atoms with Crippen LogP contribution in [-0.4, -0.2) is 57.9 Å². The zero-order valence-electron chi connectivity index (χ0n) is 12.7. The first kappa shape index (κ1) is 14.9. The van der Waals surface area contributed by atoms with E-state index >= 15 is 0 Å². The van der Waals surface area contributed by atoms with Gasteiger partial charge in [0.05, 0.1) is 5.92 Å². The normalized spacial score (nSPS) is 23.5. The standard InChI is InChI=1S/C15H23N5O2/c16-15(22)20-7-1-2-12(10-20)14(21)19-8-3-11(4-9-19)13-17-5-6-18-13/h5-6,11-12H,1-4,7-10H2,(H2,16,22)(H,17,18). The van der Waals surface area contributed by atoms with E-state index in [4.69, 9.17) is 5.73 Å². The number of H-pyrrole nitrogens is 1. The van der Waals surface area contributed by atoms with Gasteiger partial charge in [-0.3, -0.25) is 4.79 Å². The minimum atomic E-state index is -0.422. The summed E-state index contributed by atoms with van der Waals surface area (Å²) in [5, 5.41) is 0. The molecular formula is C15H23N5O2. The van der Waals surface area contributed by atoms with Crippen LogP contribution in [0.2, 0.25) is 0 Å². The van der Waals surface area contributed by atoms with Crippen molar-refractivity contribution in [3.05, 3.63) is 18.2 Å². The molecule has 1 aromatic heterocycles. The number of urea groups is 1. The van der Waals surface area contributed by atoms with E-state index in [-0.39, 0.29) is 11.8 Å². The monoisotopic (exact) mass is 305 g/mol. The van der Waals surface area contributed by atoms with E-state index in [9.17, 15) is 9.59 Å². The Morgan fingerprint density at radius 3 is 2.59 bits per heavy atom. The van der Waals surface area contributed by atoms with Crippen LogP contribution in [0.15, 0.2) is 12.4 Å². The predicted molar refractivity (Wildman–Crippen MR) is 81.0 cm³/mol. The van der Waals surface area contributed by atoms with Crippen molar-refractivity contribution in [2.75, 3.05) is 26.2 Å².